The minimum atomic E-state index is -0.0793. The normalized spacial score (nSPS) is 9.67. The van der Waals surface area contributed by atoms with Crippen molar-refractivity contribution in [2.45, 2.75) is 6.54 Å². The zero-order valence-electron chi connectivity index (χ0n) is 8.73. The van der Waals surface area contributed by atoms with Crippen molar-refractivity contribution in [2.75, 3.05) is 13.1 Å². The van der Waals surface area contributed by atoms with Gasteiger partial charge in [-0.25, -0.2) is 0 Å². The predicted octanol–water partition coefficient (Wildman–Crippen LogP) is 1.16. The van der Waals surface area contributed by atoms with Gasteiger partial charge in [0.15, 0.2) is 0 Å². The van der Waals surface area contributed by atoms with E-state index in [1.807, 2.05) is 30.3 Å². The van der Waals surface area contributed by atoms with Crippen LogP contribution in [0.5, 0.6) is 0 Å². The van der Waals surface area contributed by atoms with Crippen LogP contribution in [0, 0.1) is 0 Å². The maximum Gasteiger partial charge on any atom is 0.246 e. The second kappa shape index (κ2) is 5.98. The molecule has 0 aliphatic carbocycles. The van der Waals surface area contributed by atoms with Crippen LogP contribution in [0.2, 0.25) is 0 Å². The van der Waals surface area contributed by atoms with Crippen LogP contribution in [-0.2, 0) is 11.3 Å². The van der Waals surface area contributed by atoms with E-state index in [1.165, 1.54) is 6.08 Å². The first-order valence-corrected chi connectivity index (χ1v) is 4.93. The summed E-state index contributed by atoms with van der Waals surface area (Å²) in [6.45, 7) is 5.08. The molecule has 1 aromatic carbocycles. The molecule has 1 amide bonds. The topological polar surface area (TPSA) is 46.3 Å². The molecule has 0 aliphatic heterocycles. The summed E-state index contributed by atoms with van der Waals surface area (Å²) in [4.78, 5) is 13.1. The third kappa shape index (κ3) is 3.56. The number of rotatable bonds is 5. The number of nitrogens with two attached hydrogens (primary N) is 1. The quantitative estimate of drug-likeness (QED) is 0.731. The highest BCUT2D eigenvalue weighted by Gasteiger charge is 2.08. The van der Waals surface area contributed by atoms with Gasteiger partial charge in [-0.1, -0.05) is 36.9 Å². The number of carbonyl (C=O) groups is 1. The molecule has 1 aromatic rings. The third-order valence-corrected chi connectivity index (χ3v) is 2.10. The lowest BCUT2D eigenvalue weighted by Crippen LogP contribution is -2.33. The first-order valence-electron chi connectivity index (χ1n) is 4.93. The van der Waals surface area contributed by atoms with Crippen LogP contribution in [0.25, 0.3) is 0 Å². The van der Waals surface area contributed by atoms with Crippen molar-refractivity contribution in [3.8, 4) is 0 Å². The highest BCUT2D eigenvalue weighted by molar-refractivity contribution is 5.86. The van der Waals surface area contributed by atoms with E-state index < -0.39 is 0 Å². The molecule has 0 saturated heterocycles. The molecule has 0 spiro atoms. The van der Waals surface area contributed by atoms with Gasteiger partial charge >= 0.3 is 0 Å². The lowest BCUT2D eigenvalue weighted by atomic mass is 10.2. The van der Waals surface area contributed by atoms with E-state index >= 15 is 0 Å². The molecule has 80 valence electrons. The molecule has 0 bridgehead atoms. The van der Waals surface area contributed by atoms with E-state index in [1.54, 1.807) is 4.90 Å². The van der Waals surface area contributed by atoms with Crippen LogP contribution in [0.3, 0.4) is 0 Å². The minimum Gasteiger partial charge on any atom is -0.334 e. The Morgan fingerprint density at radius 3 is 2.60 bits per heavy atom. The Bertz CT molecular complexity index is 322. The predicted molar refractivity (Wildman–Crippen MR) is 61.1 cm³/mol. The summed E-state index contributed by atoms with van der Waals surface area (Å²) in [7, 11) is 0. The average Bonchev–Trinajstić information content (AvgIpc) is 2.29. The van der Waals surface area contributed by atoms with Gasteiger partial charge in [0, 0.05) is 19.6 Å². The summed E-state index contributed by atoms with van der Waals surface area (Å²) < 4.78 is 0. The van der Waals surface area contributed by atoms with Crippen molar-refractivity contribution in [1.29, 1.82) is 0 Å². The second-order valence-electron chi connectivity index (χ2n) is 3.24. The van der Waals surface area contributed by atoms with Crippen LogP contribution in [0.15, 0.2) is 43.0 Å². The highest BCUT2D eigenvalue weighted by Crippen LogP contribution is 2.04. The van der Waals surface area contributed by atoms with Gasteiger partial charge in [-0.3, -0.25) is 4.79 Å². The fourth-order valence-electron chi connectivity index (χ4n) is 1.36. The molecule has 0 unspecified atom stereocenters. The van der Waals surface area contributed by atoms with Crippen LogP contribution in [0.4, 0.5) is 0 Å². The molecule has 3 nitrogen and oxygen atoms in total. The Labute approximate surface area is 90.2 Å². The first kappa shape index (κ1) is 11.5. The van der Waals surface area contributed by atoms with Gasteiger partial charge in [0.25, 0.3) is 0 Å². The van der Waals surface area contributed by atoms with Gasteiger partial charge < -0.3 is 10.6 Å². The Hall–Kier alpha value is -1.61. The molecule has 3 heteroatoms. The molecule has 0 heterocycles. The van der Waals surface area contributed by atoms with E-state index in [2.05, 4.69) is 6.58 Å². The molecule has 0 fully saturated rings. The number of hydrogen-bond donors (Lipinski definition) is 1. The molecule has 0 saturated carbocycles. The zero-order valence-corrected chi connectivity index (χ0v) is 8.73. The second-order valence-corrected chi connectivity index (χ2v) is 3.24. The van der Waals surface area contributed by atoms with Crippen molar-refractivity contribution in [2.24, 2.45) is 5.73 Å². The standard InChI is InChI=1S/C12H16N2O/c1-2-12(15)14(9-8-13)10-11-6-4-3-5-7-11/h2-7H,1,8-10,13H2. The lowest BCUT2D eigenvalue weighted by Gasteiger charge is -2.20. The highest BCUT2D eigenvalue weighted by atomic mass is 16.2. The molecule has 0 aromatic heterocycles. The minimum absolute atomic E-state index is 0.0793. The van der Waals surface area contributed by atoms with Crippen molar-refractivity contribution in [1.82, 2.24) is 4.90 Å². The average molecular weight is 204 g/mol. The van der Waals surface area contributed by atoms with E-state index in [0.29, 0.717) is 19.6 Å². The maximum atomic E-state index is 11.5. The van der Waals surface area contributed by atoms with E-state index in [9.17, 15) is 4.79 Å². The van der Waals surface area contributed by atoms with Crippen LogP contribution < -0.4 is 5.73 Å². The number of carbonyl (C=O) groups excluding carboxylic acids is 1. The van der Waals surface area contributed by atoms with E-state index in [0.717, 1.165) is 5.56 Å². The summed E-state index contributed by atoms with van der Waals surface area (Å²) >= 11 is 0. The number of benzene rings is 1. The fourth-order valence-corrected chi connectivity index (χ4v) is 1.36. The summed E-state index contributed by atoms with van der Waals surface area (Å²) in [5, 5.41) is 0. The molecule has 1 rings (SSSR count). The summed E-state index contributed by atoms with van der Waals surface area (Å²) in [6.07, 6.45) is 1.32. The van der Waals surface area contributed by atoms with E-state index in [4.69, 9.17) is 5.73 Å². The van der Waals surface area contributed by atoms with Crippen LogP contribution in [-0.4, -0.2) is 23.9 Å². The molecule has 2 N–H and O–H groups in total. The molecular weight excluding hydrogens is 188 g/mol. The van der Waals surface area contributed by atoms with Gasteiger partial charge in [-0.15, -0.1) is 0 Å². The lowest BCUT2D eigenvalue weighted by molar-refractivity contribution is -0.126. The monoisotopic (exact) mass is 204 g/mol. The van der Waals surface area contributed by atoms with Gasteiger partial charge in [-0.05, 0) is 11.6 Å². The van der Waals surface area contributed by atoms with Gasteiger partial charge in [0.05, 0.1) is 0 Å². The smallest absolute Gasteiger partial charge is 0.246 e. The number of hydrogen-bond acceptors (Lipinski definition) is 2. The van der Waals surface area contributed by atoms with Crippen LogP contribution >= 0.6 is 0 Å². The first-order chi connectivity index (χ1) is 7.27. The van der Waals surface area contributed by atoms with Gasteiger partial charge in [0.1, 0.15) is 0 Å². The van der Waals surface area contributed by atoms with Gasteiger partial charge in [-0.2, -0.15) is 0 Å². The number of nitrogens with zero attached hydrogens (tertiary/aromatic N) is 1. The maximum absolute atomic E-state index is 11.5. The zero-order chi connectivity index (χ0) is 11.1. The molecule has 0 atom stereocenters. The largest absolute Gasteiger partial charge is 0.334 e. The number of amides is 1. The summed E-state index contributed by atoms with van der Waals surface area (Å²) in [6, 6.07) is 9.83. The molecule has 0 aliphatic rings. The Kier molecular flexibility index (Phi) is 4.57. The fraction of sp³-hybridized carbons (Fsp3) is 0.250. The molecular formula is C12H16N2O. The Balaban J connectivity index is 2.66. The van der Waals surface area contributed by atoms with Crippen molar-refractivity contribution >= 4 is 5.91 Å². The van der Waals surface area contributed by atoms with Crippen molar-refractivity contribution < 1.29 is 4.79 Å². The summed E-state index contributed by atoms with van der Waals surface area (Å²) in [5.41, 5.74) is 6.55. The molecule has 0 radical (unpaired) electrons. The van der Waals surface area contributed by atoms with Crippen molar-refractivity contribution in [3.05, 3.63) is 48.6 Å². The van der Waals surface area contributed by atoms with Crippen molar-refractivity contribution in [3.63, 3.8) is 0 Å². The van der Waals surface area contributed by atoms with Crippen LogP contribution in [0.1, 0.15) is 5.56 Å². The van der Waals surface area contributed by atoms with E-state index in [-0.39, 0.29) is 5.91 Å². The summed E-state index contributed by atoms with van der Waals surface area (Å²) in [5.74, 6) is -0.0793. The Morgan fingerprint density at radius 1 is 1.40 bits per heavy atom. The molecule has 15 heavy (non-hydrogen) atoms. The van der Waals surface area contributed by atoms with Gasteiger partial charge in [0.2, 0.25) is 5.91 Å². The Morgan fingerprint density at radius 2 is 2.07 bits per heavy atom. The third-order valence-electron chi connectivity index (χ3n) is 2.10. The SMILES string of the molecule is C=CC(=O)N(CCN)Cc1ccccc1.